The Hall–Kier alpha value is -10.6. The number of amides is 3. The molecule has 128 heavy (non-hydrogen) atoms. The van der Waals surface area contributed by atoms with Crippen molar-refractivity contribution < 1.29 is 85.8 Å². The molecule has 3 amide bonds. The van der Waals surface area contributed by atoms with Crippen LogP contribution in [0.4, 0.5) is 44.1 Å². The van der Waals surface area contributed by atoms with Crippen molar-refractivity contribution in [2.45, 2.75) is 45.6 Å². The summed E-state index contributed by atoms with van der Waals surface area (Å²) in [7, 11) is -2.23. The van der Waals surface area contributed by atoms with Crippen molar-refractivity contribution >= 4 is 178 Å². The van der Waals surface area contributed by atoms with Gasteiger partial charge < -0.3 is 28.4 Å². The van der Waals surface area contributed by atoms with E-state index in [1.807, 2.05) is 61.3 Å². The summed E-state index contributed by atoms with van der Waals surface area (Å²) in [5.41, 5.74) is 8.99. The highest BCUT2D eigenvalue weighted by Crippen LogP contribution is 2.45. The molecule has 39 heteroatoms. The minimum atomic E-state index is -5.11. The molecule has 18 nitrogen and oxygen atoms in total. The first-order chi connectivity index (χ1) is 61.2. The average molecular weight is 1960 g/mol. The molecule has 0 bridgehead atoms. The molecule has 0 spiro atoms. The van der Waals surface area contributed by atoms with Crippen molar-refractivity contribution in [2.75, 3.05) is 28.0 Å². The van der Waals surface area contributed by atoms with Crippen molar-refractivity contribution in [3.05, 3.63) is 321 Å². The number of hydrogen-bond donors (Lipinski definition) is 2. The Kier molecular flexibility index (Phi) is 34.2. The fourth-order valence-corrected chi connectivity index (χ4v) is 16.5. The third-order valence-corrected chi connectivity index (χ3v) is 24.8. The molecule has 4 heterocycles. The minimum Gasteiger partial charge on any atom is -0.497 e. The van der Waals surface area contributed by atoms with Crippen LogP contribution >= 0.6 is 110 Å². The van der Waals surface area contributed by atoms with Gasteiger partial charge in [-0.25, -0.2) is 69.7 Å². The van der Waals surface area contributed by atoms with E-state index in [0.717, 1.165) is 72.3 Å². The molecule has 2 atom stereocenters. The van der Waals surface area contributed by atoms with Crippen LogP contribution in [-0.4, -0.2) is 110 Å². The third-order valence-electron chi connectivity index (χ3n) is 18.6. The van der Waals surface area contributed by atoms with E-state index < -0.39 is 80.3 Å². The van der Waals surface area contributed by atoms with Crippen molar-refractivity contribution in [1.82, 2.24) is 38.7 Å². The molecule has 12 aromatic carbocycles. The lowest BCUT2D eigenvalue weighted by atomic mass is 9.78. The number of fused-ring (bicyclic) bond motifs is 3. The fraction of sp³-hybridized carbons (Fsp3) is 0.101. The van der Waals surface area contributed by atoms with Crippen LogP contribution < -0.4 is 23.9 Å². The summed E-state index contributed by atoms with van der Waals surface area (Å²) < 4.78 is 167. The minimum absolute atomic E-state index is 0.00414. The molecule has 3 aromatic heterocycles. The molecule has 658 valence electrons. The Morgan fingerprint density at radius 3 is 1.24 bits per heavy atom. The number of urea groups is 1. The highest BCUT2D eigenvalue weighted by Gasteiger charge is 2.51. The third kappa shape index (κ3) is 23.7. The van der Waals surface area contributed by atoms with E-state index in [0.29, 0.717) is 67.6 Å². The number of carbonyl (C=O) groups excluding carboxylic acids is 2. The lowest BCUT2D eigenvalue weighted by Crippen LogP contribution is -2.38. The number of aromatic nitrogens is 6. The molecule has 0 aliphatic carbocycles. The second-order valence-electron chi connectivity index (χ2n) is 27.2. The van der Waals surface area contributed by atoms with Crippen LogP contribution in [0.2, 0.25) is 20.2 Å². The van der Waals surface area contributed by atoms with Gasteiger partial charge in [-0.15, -0.1) is 23.5 Å². The number of halogens is 15. The van der Waals surface area contributed by atoms with Gasteiger partial charge in [0.05, 0.1) is 57.8 Å². The molecule has 1 fully saturated rings. The van der Waals surface area contributed by atoms with Gasteiger partial charge in [0.1, 0.15) is 69.3 Å². The van der Waals surface area contributed by atoms with E-state index in [2.05, 4.69) is 94.8 Å². The van der Waals surface area contributed by atoms with Gasteiger partial charge in [0, 0.05) is 109 Å². The first-order valence-electron chi connectivity index (χ1n) is 37.2. The Balaban J connectivity index is 0.000000163. The Morgan fingerprint density at radius 2 is 0.852 bits per heavy atom. The van der Waals surface area contributed by atoms with E-state index in [4.69, 9.17) is 84.2 Å². The molecule has 1 aliphatic rings. The van der Waals surface area contributed by atoms with Gasteiger partial charge >= 0.3 is 23.3 Å². The maximum atomic E-state index is 14.0. The highest BCUT2D eigenvalue weighted by molar-refractivity contribution is 8.09. The molecule has 15 aromatic rings. The Bertz CT molecular complexity index is 6700. The van der Waals surface area contributed by atoms with Crippen molar-refractivity contribution in [1.29, 1.82) is 0 Å². The average Bonchev–Trinajstić information content (AvgIpc) is 1.16. The van der Waals surface area contributed by atoms with Gasteiger partial charge in [-0.05, 0) is 176 Å². The predicted octanol–water partition coefficient (Wildman–Crippen LogP) is 24.8. The van der Waals surface area contributed by atoms with E-state index in [9.17, 15) is 67.4 Å². The highest BCUT2D eigenvalue weighted by atomic mass is 35.5. The Labute approximate surface area is 770 Å². The summed E-state index contributed by atoms with van der Waals surface area (Å²) in [6.45, 7) is 4.88. The molecule has 0 saturated carbocycles. The van der Waals surface area contributed by atoms with Crippen molar-refractivity contribution in [3.8, 4) is 78.9 Å². The van der Waals surface area contributed by atoms with Crippen LogP contribution in [0.3, 0.4) is 0 Å². The number of hydrogen-bond acceptors (Lipinski definition) is 18. The van der Waals surface area contributed by atoms with Crippen LogP contribution in [0, 0.1) is 46.5 Å². The van der Waals surface area contributed by atoms with Crippen LogP contribution in [0.5, 0.6) is 23.0 Å². The van der Waals surface area contributed by atoms with E-state index >= 15 is 0 Å². The van der Waals surface area contributed by atoms with Gasteiger partial charge in [-0.2, -0.15) is 21.6 Å². The summed E-state index contributed by atoms with van der Waals surface area (Å²) in [5.74, 6) is -12.8. The first kappa shape index (κ1) is 98.0. The molecule has 1 saturated heterocycles. The number of thioether (sulfide) groups is 2. The van der Waals surface area contributed by atoms with E-state index in [1.165, 1.54) is 111 Å². The van der Waals surface area contributed by atoms with Crippen molar-refractivity contribution in [3.63, 3.8) is 0 Å². The molecule has 16 rings (SSSR count). The normalized spacial score (nSPS) is 12.2. The smallest absolute Gasteiger partial charge is 0.492 e. The zero-order chi connectivity index (χ0) is 92.4. The maximum Gasteiger partial charge on any atom is 0.492 e. The zero-order valence-electron chi connectivity index (χ0n) is 67.2. The standard InChI is InChI=1S/C28H20ClFN2OS.C27H13ClF6N2O4S.C15H11ClN2S.C13H11BClFO3.C5H6Cl2N2O2.CH5FP2/c1-33-27-15-23(19-8-5-9-20(30)12-19)25(29)14-24(27)28-22-11-10-21(13-26(22)31-17-32-28)34-16-18-6-3-2-4-7-18;1-39-20-10-16(12-3-2-4-13(29)7-12)18(28)9-17(20)26-15-6-5-14(8-19(15)35-11-36-26)41(37,38)40-27-24(33)22(31)21(30)23(32)25(27)34;16-15-13-7-6-12(8-14(13)17-10-18-15)19-9-11-4-2-1-3-5-11;1-19-13-6-10(8-3-2-4-9(16)5-8)12(15)7-11(13)14(17)18;1-5(2)3(10)8(6)4(11)9(5)7;1-3-4-2/h2-15,17H,16H2,1H3;2-11H,1H3;1-8,10H,9H2;2-7,17-18H,1H3;1-2H3;3-4H,1H3. The Morgan fingerprint density at radius 1 is 0.461 bits per heavy atom. The van der Waals surface area contributed by atoms with Crippen molar-refractivity contribution in [2.24, 2.45) is 0 Å². The van der Waals surface area contributed by atoms with Gasteiger partial charge in [0.15, 0.2) is 0 Å². The number of nitrogens with zero attached hydrogens (tertiary/aromatic N) is 8. The summed E-state index contributed by atoms with van der Waals surface area (Å²) in [5, 5.41) is 22.0. The number of imide groups is 1. The van der Waals surface area contributed by atoms with Gasteiger partial charge in [-0.1, -0.05) is 152 Å². The lowest BCUT2D eigenvalue weighted by molar-refractivity contribution is -0.127. The summed E-state index contributed by atoms with van der Waals surface area (Å²) in [6.07, 6.45) is 4.14. The molecule has 1 aliphatic heterocycles. The number of ether oxygens (including phenoxy) is 3. The van der Waals surface area contributed by atoms with E-state index in [-0.39, 0.29) is 63.8 Å². The molecule has 2 unspecified atom stereocenters. The van der Waals surface area contributed by atoms with Crippen LogP contribution in [0.25, 0.3) is 88.6 Å². The number of benzene rings is 12. The molecular weight excluding hydrogens is 1890 g/mol. The van der Waals surface area contributed by atoms with Gasteiger partial charge in [0.25, 0.3) is 5.91 Å². The topological polar surface area (TPSA) is 229 Å². The zero-order valence-corrected chi connectivity index (χ0v) is 76.2. The maximum absolute atomic E-state index is 14.0. The van der Waals surface area contributed by atoms with Crippen LogP contribution in [0.1, 0.15) is 25.0 Å². The first-order valence-corrected chi connectivity index (χ1v) is 46.1. The summed E-state index contributed by atoms with van der Waals surface area (Å²) in [4.78, 5) is 49.1. The van der Waals surface area contributed by atoms with Crippen LogP contribution in [0.15, 0.2) is 258 Å². The second-order valence-corrected chi connectivity index (χ2v) is 35.9. The SMILES string of the molecule is CC1(C)C(=O)N(Cl)C(=O)N1Cl.COc1cc(-c2cccc(F)c2)c(Cl)cc1-c1ncnc2cc(S(=O)(=O)Oc3c(F)c(F)c(F)c(F)c3F)ccc12.COc1cc(-c2cccc(F)c2)c(Cl)cc1-c1ncnc2cc(SCc3ccccc3)ccc12.COc1cc(-c2cccc(F)c2)c(Cl)cc1B(O)O.CPPF.Clc1ncnc2cc(SCc3ccccc3)ccc12. The fourth-order valence-electron chi connectivity index (χ4n) is 12.3. The predicted molar refractivity (Wildman–Crippen MR) is 491 cm³/mol. The molecule has 0 radical (unpaired) electrons. The quantitative estimate of drug-likeness (QED) is 0.00732. The second kappa shape index (κ2) is 44.6. The number of carbonyl (C=O) groups is 2. The molecular formula is C89H66BCl6F9N8O10P2S3. The number of rotatable bonds is 19. The monoisotopic (exact) mass is 1960 g/mol. The largest absolute Gasteiger partial charge is 0.497 e. The number of methoxy groups -OCH3 is 3. The summed E-state index contributed by atoms with van der Waals surface area (Å²) in [6, 6.07) is 63.2. The lowest BCUT2D eigenvalue weighted by Gasteiger charge is -2.18. The molecule has 2 N–H and O–H groups in total. The van der Waals surface area contributed by atoms with Gasteiger partial charge in [0.2, 0.25) is 34.8 Å². The van der Waals surface area contributed by atoms with E-state index in [1.54, 1.807) is 73.4 Å². The van der Waals surface area contributed by atoms with Crippen LogP contribution in [-0.2, 0) is 26.4 Å². The summed E-state index contributed by atoms with van der Waals surface area (Å²) >= 11 is 39.6. The van der Waals surface area contributed by atoms with Gasteiger partial charge in [-0.3, -0.25) is 4.79 Å².